The van der Waals surface area contributed by atoms with Crippen molar-refractivity contribution in [2.45, 2.75) is 6.92 Å². The van der Waals surface area contributed by atoms with E-state index in [0.29, 0.717) is 12.0 Å². The molecular weight excluding hydrogens is 305 g/mol. The van der Waals surface area contributed by atoms with E-state index in [1.807, 2.05) is 25.1 Å². The van der Waals surface area contributed by atoms with Crippen molar-refractivity contribution in [2.24, 2.45) is 0 Å². The lowest BCUT2D eigenvalue weighted by Crippen LogP contribution is -1.99. The molecule has 0 N–H and O–H groups in total. The normalized spacial score (nSPS) is 10.3. The number of hydrogen-bond donors (Lipinski definition) is 0. The minimum Gasteiger partial charge on any atom is -0.296 e. The molecule has 2 rings (SSSR count). The number of hydrogen-bond acceptors (Lipinski definition) is 3. The first-order chi connectivity index (χ1) is 7.22. The second kappa shape index (κ2) is 4.09. The molecule has 0 aliphatic rings. The van der Waals surface area contributed by atoms with Gasteiger partial charge in [0, 0.05) is 3.57 Å². The van der Waals surface area contributed by atoms with Crippen LogP contribution in [0, 0.1) is 10.5 Å². The Hall–Kier alpha value is -1.24. The highest BCUT2D eigenvalue weighted by molar-refractivity contribution is 14.1. The maximum absolute atomic E-state index is 10.5. The van der Waals surface area contributed by atoms with Crippen molar-refractivity contribution in [2.75, 3.05) is 0 Å². The van der Waals surface area contributed by atoms with Gasteiger partial charge in [-0.2, -0.15) is 0 Å². The predicted octanol–water partition coefficient (Wildman–Crippen LogP) is 1.99. The summed E-state index contributed by atoms with van der Waals surface area (Å²) in [7, 11) is 0. The second-order valence-electron chi connectivity index (χ2n) is 3.09. The summed E-state index contributed by atoms with van der Waals surface area (Å²) in [6, 6.07) is 5.92. The van der Waals surface area contributed by atoms with Gasteiger partial charge in [-0.1, -0.05) is 11.3 Å². The van der Waals surface area contributed by atoms with Gasteiger partial charge in [-0.3, -0.25) is 4.79 Å². The van der Waals surface area contributed by atoms with Crippen LogP contribution in [0.4, 0.5) is 0 Å². The highest BCUT2D eigenvalue weighted by Crippen LogP contribution is 2.18. The maximum atomic E-state index is 10.5. The molecule has 0 bridgehead atoms. The Labute approximate surface area is 100 Å². The molecule has 0 aliphatic heterocycles. The van der Waals surface area contributed by atoms with Crippen LogP contribution in [0.25, 0.3) is 5.69 Å². The molecule has 76 valence electrons. The van der Waals surface area contributed by atoms with Gasteiger partial charge in [0.25, 0.3) is 0 Å². The van der Waals surface area contributed by atoms with E-state index in [2.05, 4.69) is 32.9 Å². The molecule has 15 heavy (non-hydrogen) atoms. The standard InChI is InChI=1S/C10H8IN3O/c1-7-9(11)3-2-4-10(7)14-5-8(6-15)12-13-14/h2-6H,1H3. The average Bonchev–Trinajstić information content (AvgIpc) is 2.70. The molecule has 5 heteroatoms. The van der Waals surface area contributed by atoms with E-state index in [0.717, 1.165) is 14.8 Å². The molecular formula is C10H8IN3O. The summed E-state index contributed by atoms with van der Waals surface area (Å²) >= 11 is 2.26. The molecule has 2 aromatic rings. The topological polar surface area (TPSA) is 47.8 Å². The Morgan fingerprint density at radius 2 is 2.27 bits per heavy atom. The van der Waals surface area contributed by atoms with Gasteiger partial charge in [-0.15, -0.1) is 5.10 Å². The summed E-state index contributed by atoms with van der Waals surface area (Å²) < 4.78 is 2.77. The lowest BCUT2D eigenvalue weighted by molar-refractivity contribution is 0.111. The fourth-order valence-corrected chi connectivity index (χ4v) is 1.78. The van der Waals surface area contributed by atoms with Gasteiger partial charge in [-0.05, 0) is 47.2 Å². The zero-order valence-electron chi connectivity index (χ0n) is 8.01. The van der Waals surface area contributed by atoms with Gasteiger partial charge in [0.05, 0.1) is 11.9 Å². The summed E-state index contributed by atoms with van der Waals surface area (Å²) in [4.78, 5) is 10.5. The number of benzene rings is 1. The minimum absolute atomic E-state index is 0.341. The number of nitrogens with zero attached hydrogens (tertiary/aromatic N) is 3. The third kappa shape index (κ3) is 1.92. The fraction of sp³-hybridized carbons (Fsp3) is 0.100. The SMILES string of the molecule is Cc1c(I)cccc1-n1cc(C=O)nn1. The van der Waals surface area contributed by atoms with Crippen LogP contribution in [-0.4, -0.2) is 21.3 Å². The lowest BCUT2D eigenvalue weighted by Gasteiger charge is -2.05. The molecule has 1 aromatic carbocycles. The molecule has 1 aromatic heterocycles. The summed E-state index contributed by atoms with van der Waals surface area (Å²) in [5.74, 6) is 0. The van der Waals surface area contributed by atoms with Crippen molar-refractivity contribution >= 4 is 28.9 Å². The van der Waals surface area contributed by atoms with Gasteiger partial charge in [-0.25, -0.2) is 4.68 Å². The molecule has 0 amide bonds. The molecule has 0 unspecified atom stereocenters. The molecule has 0 radical (unpaired) electrons. The third-order valence-corrected chi connectivity index (χ3v) is 3.29. The van der Waals surface area contributed by atoms with Crippen LogP contribution in [0.2, 0.25) is 0 Å². The summed E-state index contributed by atoms with van der Waals surface area (Å²) in [6.45, 7) is 2.01. The van der Waals surface area contributed by atoms with Crippen LogP contribution in [0.1, 0.15) is 16.1 Å². The van der Waals surface area contributed by atoms with Crippen molar-refractivity contribution in [3.8, 4) is 5.69 Å². The van der Waals surface area contributed by atoms with Crippen LogP contribution in [0.15, 0.2) is 24.4 Å². The maximum Gasteiger partial charge on any atom is 0.171 e. The summed E-state index contributed by atoms with van der Waals surface area (Å²) in [6.07, 6.45) is 2.30. The zero-order chi connectivity index (χ0) is 10.8. The lowest BCUT2D eigenvalue weighted by atomic mass is 10.2. The number of aromatic nitrogens is 3. The van der Waals surface area contributed by atoms with E-state index in [9.17, 15) is 4.79 Å². The van der Waals surface area contributed by atoms with E-state index in [1.165, 1.54) is 0 Å². The number of aldehydes is 1. The molecule has 4 nitrogen and oxygen atoms in total. The number of carbonyl (C=O) groups is 1. The van der Waals surface area contributed by atoms with Gasteiger partial charge >= 0.3 is 0 Å². The van der Waals surface area contributed by atoms with E-state index in [4.69, 9.17) is 0 Å². The van der Waals surface area contributed by atoms with Crippen LogP contribution >= 0.6 is 22.6 Å². The molecule has 0 saturated carbocycles. The van der Waals surface area contributed by atoms with Gasteiger partial charge in [0.15, 0.2) is 6.29 Å². The number of rotatable bonds is 2. The van der Waals surface area contributed by atoms with E-state index in [1.54, 1.807) is 10.9 Å². The number of carbonyl (C=O) groups excluding carboxylic acids is 1. The molecule has 0 aliphatic carbocycles. The smallest absolute Gasteiger partial charge is 0.171 e. The van der Waals surface area contributed by atoms with Crippen molar-refractivity contribution in [1.29, 1.82) is 0 Å². The van der Waals surface area contributed by atoms with Crippen molar-refractivity contribution in [1.82, 2.24) is 15.0 Å². The van der Waals surface area contributed by atoms with Gasteiger partial charge < -0.3 is 0 Å². The highest BCUT2D eigenvalue weighted by Gasteiger charge is 2.06. The average molecular weight is 313 g/mol. The number of halogens is 1. The first kappa shape index (κ1) is 10.3. The first-order valence-electron chi connectivity index (χ1n) is 4.35. The highest BCUT2D eigenvalue weighted by atomic mass is 127. The van der Waals surface area contributed by atoms with Crippen LogP contribution < -0.4 is 0 Å². The zero-order valence-corrected chi connectivity index (χ0v) is 10.2. The molecule has 0 saturated heterocycles. The van der Waals surface area contributed by atoms with Gasteiger partial charge in [0.2, 0.25) is 0 Å². The Bertz CT molecular complexity index is 507. The van der Waals surface area contributed by atoms with Crippen molar-refractivity contribution in [3.63, 3.8) is 0 Å². The molecule has 0 atom stereocenters. The second-order valence-corrected chi connectivity index (χ2v) is 4.25. The Morgan fingerprint density at radius 1 is 1.47 bits per heavy atom. The van der Waals surface area contributed by atoms with Crippen LogP contribution in [-0.2, 0) is 0 Å². The van der Waals surface area contributed by atoms with E-state index < -0.39 is 0 Å². The summed E-state index contributed by atoms with van der Waals surface area (Å²) in [5.41, 5.74) is 2.41. The quantitative estimate of drug-likeness (QED) is 0.629. The molecule has 0 spiro atoms. The van der Waals surface area contributed by atoms with Crippen molar-refractivity contribution in [3.05, 3.63) is 39.2 Å². The molecule has 0 fully saturated rings. The summed E-state index contributed by atoms with van der Waals surface area (Å²) in [5, 5.41) is 7.62. The molecule has 1 heterocycles. The van der Waals surface area contributed by atoms with Crippen LogP contribution in [0.3, 0.4) is 0 Å². The van der Waals surface area contributed by atoms with Crippen molar-refractivity contribution < 1.29 is 4.79 Å². The Morgan fingerprint density at radius 3 is 2.93 bits per heavy atom. The monoisotopic (exact) mass is 313 g/mol. The van der Waals surface area contributed by atoms with Crippen LogP contribution in [0.5, 0.6) is 0 Å². The largest absolute Gasteiger partial charge is 0.296 e. The predicted molar refractivity (Wildman–Crippen MR) is 64.2 cm³/mol. The fourth-order valence-electron chi connectivity index (χ4n) is 1.29. The van der Waals surface area contributed by atoms with E-state index in [-0.39, 0.29) is 0 Å². The third-order valence-electron chi connectivity index (χ3n) is 2.12. The first-order valence-corrected chi connectivity index (χ1v) is 5.43. The van der Waals surface area contributed by atoms with E-state index >= 15 is 0 Å². The Balaban J connectivity index is 2.53. The Kier molecular flexibility index (Phi) is 2.81. The van der Waals surface area contributed by atoms with Gasteiger partial charge in [0.1, 0.15) is 5.69 Å². The minimum atomic E-state index is 0.341.